The second kappa shape index (κ2) is 14.4. The van der Waals surface area contributed by atoms with Crippen LogP contribution in [0.5, 0.6) is 0 Å². The van der Waals surface area contributed by atoms with Gasteiger partial charge in [0, 0.05) is 13.1 Å². The maximum absolute atomic E-state index is 13.0. The number of carbonyl (C=O) groups excluding carboxylic acids is 4. The maximum atomic E-state index is 13.0. The predicted molar refractivity (Wildman–Crippen MR) is 157 cm³/mol. The number of nitrogens with one attached hydrogen (secondary N) is 2. The molecule has 0 bridgehead atoms. The number of nitrogens with zero attached hydrogens (tertiary/aromatic N) is 2. The third-order valence-electron chi connectivity index (χ3n) is 5.55. The molecule has 0 unspecified atom stereocenters. The number of amides is 3. The summed E-state index contributed by atoms with van der Waals surface area (Å²) in [5, 5.41) is 4.89. The zero-order chi connectivity index (χ0) is 31.7. The molecule has 12 heteroatoms. The molecule has 2 N–H and O–H groups in total. The first-order chi connectivity index (χ1) is 19.3. The van der Waals surface area contributed by atoms with Crippen LogP contribution in [0, 0.1) is 5.92 Å². The Morgan fingerprint density at radius 3 is 1.86 bits per heavy atom. The number of alkyl carbamates (subject to hydrolysis) is 2. The summed E-state index contributed by atoms with van der Waals surface area (Å²) >= 11 is 0. The first-order valence-electron chi connectivity index (χ1n) is 14.1. The summed E-state index contributed by atoms with van der Waals surface area (Å²) in [5.74, 6) is -0.775. The van der Waals surface area contributed by atoms with Gasteiger partial charge in [-0.2, -0.15) is 0 Å². The van der Waals surface area contributed by atoms with E-state index in [2.05, 4.69) is 15.6 Å². The number of benzene rings is 1. The van der Waals surface area contributed by atoms with Crippen LogP contribution >= 0.6 is 0 Å². The van der Waals surface area contributed by atoms with E-state index in [9.17, 15) is 19.2 Å². The van der Waals surface area contributed by atoms with Gasteiger partial charge >= 0.3 is 24.2 Å². The van der Waals surface area contributed by atoms with E-state index >= 15 is 0 Å². The van der Waals surface area contributed by atoms with Crippen molar-refractivity contribution >= 4 is 30.2 Å². The van der Waals surface area contributed by atoms with E-state index < -0.39 is 47.1 Å². The van der Waals surface area contributed by atoms with E-state index in [0.29, 0.717) is 12.8 Å². The molecule has 12 nitrogen and oxygen atoms in total. The van der Waals surface area contributed by atoms with Crippen LogP contribution in [0.25, 0.3) is 0 Å². The van der Waals surface area contributed by atoms with Gasteiger partial charge in [-0.15, -0.1) is 0 Å². The molecule has 1 fully saturated rings. The van der Waals surface area contributed by atoms with Gasteiger partial charge in [0.1, 0.15) is 29.5 Å². The number of hydrogen-bond acceptors (Lipinski definition) is 9. The average Bonchev–Trinajstić information content (AvgIpc) is 3.24. The van der Waals surface area contributed by atoms with E-state index in [4.69, 9.17) is 18.9 Å². The van der Waals surface area contributed by atoms with Crippen molar-refractivity contribution < 1.29 is 38.1 Å². The molecular formula is C30H46N4O8. The zero-order valence-corrected chi connectivity index (χ0v) is 26.2. The topological polar surface area (TPSA) is 145 Å². The highest BCUT2D eigenvalue weighted by molar-refractivity contribution is 6.01. The van der Waals surface area contributed by atoms with Crippen molar-refractivity contribution in [2.75, 3.05) is 13.1 Å². The van der Waals surface area contributed by atoms with Gasteiger partial charge in [-0.05, 0) is 86.6 Å². The van der Waals surface area contributed by atoms with E-state index in [0.717, 1.165) is 5.56 Å². The summed E-state index contributed by atoms with van der Waals surface area (Å²) in [5.41, 5.74) is -1.43. The number of aliphatic imine (C=N–C) groups is 1. The fourth-order valence-corrected chi connectivity index (χ4v) is 4.00. The van der Waals surface area contributed by atoms with Crippen molar-refractivity contribution in [3.63, 3.8) is 0 Å². The van der Waals surface area contributed by atoms with Crippen LogP contribution in [-0.2, 0) is 30.3 Å². The Bertz CT molecular complexity index is 1080. The van der Waals surface area contributed by atoms with Gasteiger partial charge in [0.25, 0.3) is 0 Å². The Kier molecular flexibility index (Phi) is 11.8. The highest BCUT2D eigenvalue weighted by atomic mass is 16.6. The first kappa shape index (κ1) is 34.4. The summed E-state index contributed by atoms with van der Waals surface area (Å²) in [7, 11) is 0. The van der Waals surface area contributed by atoms with Crippen molar-refractivity contribution in [2.45, 2.75) is 105 Å². The Morgan fingerprint density at radius 2 is 1.36 bits per heavy atom. The summed E-state index contributed by atoms with van der Waals surface area (Å²) in [4.78, 5) is 56.5. The molecule has 1 aliphatic rings. The lowest BCUT2D eigenvalue weighted by Crippen LogP contribution is -2.47. The van der Waals surface area contributed by atoms with Gasteiger partial charge in [-0.1, -0.05) is 30.3 Å². The molecule has 0 spiro atoms. The molecule has 42 heavy (non-hydrogen) atoms. The Morgan fingerprint density at radius 1 is 0.833 bits per heavy atom. The molecule has 1 aliphatic heterocycles. The summed E-state index contributed by atoms with van der Waals surface area (Å²) in [6.07, 6.45) is -1.42. The molecule has 0 saturated carbocycles. The van der Waals surface area contributed by atoms with Crippen molar-refractivity contribution in [1.29, 1.82) is 0 Å². The number of esters is 1. The van der Waals surface area contributed by atoms with E-state index in [1.165, 1.54) is 4.90 Å². The number of hydrogen-bond donors (Lipinski definition) is 2. The Labute approximate surface area is 248 Å². The number of likely N-dealkylation sites (tertiary alicyclic amines) is 1. The molecule has 2 atom stereocenters. The van der Waals surface area contributed by atoms with Crippen molar-refractivity contribution in [3.05, 3.63) is 35.9 Å². The molecule has 1 heterocycles. The number of rotatable bonds is 6. The van der Waals surface area contributed by atoms with Gasteiger partial charge in [-0.25, -0.2) is 19.2 Å². The minimum absolute atomic E-state index is 0.0716. The van der Waals surface area contributed by atoms with Crippen LogP contribution in [-0.4, -0.2) is 71.0 Å². The molecule has 1 saturated heterocycles. The number of guanidine groups is 1. The largest absolute Gasteiger partial charge is 0.458 e. The van der Waals surface area contributed by atoms with Crippen LogP contribution in [0.4, 0.5) is 14.4 Å². The number of ether oxygens (including phenoxy) is 4. The molecule has 0 aromatic heterocycles. The first-order valence-corrected chi connectivity index (χ1v) is 14.1. The quantitative estimate of drug-likeness (QED) is 0.200. The summed E-state index contributed by atoms with van der Waals surface area (Å²) in [6, 6.07) is 8.44. The molecular weight excluding hydrogens is 544 g/mol. The third-order valence-corrected chi connectivity index (χ3v) is 5.55. The standard InChI is InChI=1S/C30H46N4O8/c1-28(2,3)40-23(35)22-17-21(18-34(22)27(38)39-19-20-13-11-10-12-14-20)15-16-31-24(32-25(36)41-29(4,5)6)33-26(37)42-30(7,8)9/h10-14,21-22H,15-19H2,1-9H3,(H2,31,32,33,36,37)/t21-,22-/m0/s1. The molecule has 0 radical (unpaired) electrons. The van der Waals surface area contributed by atoms with Crippen molar-refractivity contribution in [2.24, 2.45) is 10.9 Å². The molecule has 234 valence electrons. The van der Waals surface area contributed by atoms with Crippen LogP contribution < -0.4 is 10.6 Å². The summed E-state index contributed by atoms with van der Waals surface area (Å²) < 4.78 is 21.6. The minimum Gasteiger partial charge on any atom is -0.458 e. The van der Waals surface area contributed by atoms with E-state index in [-0.39, 0.29) is 31.6 Å². The zero-order valence-electron chi connectivity index (χ0n) is 26.2. The average molecular weight is 591 g/mol. The van der Waals surface area contributed by atoms with E-state index in [1.807, 2.05) is 30.3 Å². The van der Waals surface area contributed by atoms with Gasteiger partial charge in [0.15, 0.2) is 0 Å². The van der Waals surface area contributed by atoms with Gasteiger partial charge in [0.05, 0.1) is 0 Å². The Hall–Kier alpha value is -3.83. The highest BCUT2D eigenvalue weighted by Crippen LogP contribution is 2.29. The lowest BCUT2D eigenvalue weighted by molar-refractivity contribution is -0.159. The molecule has 2 rings (SSSR count). The maximum Gasteiger partial charge on any atom is 0.414 e. The van der Waals surface area contributed by atoms with Crippen LogP contribution in [0.15, 0.2) is 35.3 Å². The minimum atomic E-state index is -0.819. The lowest BCUT2D eigenvalue weighted by Gasteiger charge is -2.26. The van der Waals surface area contributed by atoms with Gasteiger partial charge in [-0.3, -0.25) is 20.5 Å². The predicted octanol–water partition coefficient (Wildman–Crippen LogP) is 5.15. The van der Waals surface area contributed by atoms with Crippen LogP contribution in [0.1, 0.15) is 80.7 Å². The molecule has 1 aromatic carbocycles. The smallest absolute Gasteiger partial charge is 0.414 e. The second-order valence-corrected chi connectivity index (χ2v) is 13.1. The monoisotopic (exact) mass is 590 g/mol. The Balaban J connectivity index is 2.12. The van der Waals surface area contributed by atoms with Crippen molar-refractivity contribution in [1.82, 2.24) is 15.5 Å². The summed E-state index contributed by atoms with van der Waals surface area (Å²) in [6.45, 7) is 16.0. The fourth-order valence-electron chi connectivity index (χ4n) is 4.00. The van der Waals surface area contributed by atoms with Crippen LogP contribution in [0.3, 0.4) is 0 Å². The van der Waals surface area contributed by atoms with Gasteiger partial charge in [0.2, 0.25) is 5.96 Å². The third kappa shape index (κ3) is 13.2. The van der Waals surface area contributed by atoms with E-state index in [1.54, 1.807) is 62.3 Å². The molecule has 0 aliphatic carbocycles. The molecule has 1 aromatic rings. The fraction of sp³-hybridized carbons (Fsp3) is 0.633. The van der Waals surface area contributed by atoms with Crippen molar-refractivity contribution in [3.8, 4) is 0 Å². The lowest BCUT2D eigenvalue weighted by atomic mass is 10.0. The normalized spacial score (nSPS) is 17.1. The highest BCUT2D eigenvalue weighted by Gasteiger charge is 2.42. The second-order valence-electron chi connectivity index (χ2n) is 13.1. The van der Waals surface area contributed by atoms with Crippen LogP contribution in [0.2, 0.25) is 0 Å². The number of carbonyl (C=O) groups is 4. The van der Waals surface area contributed by atoms with Gasteiger partial charge < -0.3 is 18.9 Å². The SMILES string of the molecule is CC(C)(C)OC(=O)NC(=NCC[C@H]1C[C@@H](C(=O)OC(C)(C)C)N(C(=O)OCc2ccccc2)C1)NC(=O)OC(C)(C)C. The molecule has 3 amide bonds.